The van der Waals surface area contributed by atoms with E-state index in [-0.39, 0.29) is 23.2 Å². The zero-order valence-electron chi connectivity index (χ0n) is 6.55. The molecular formula is C7H8ClFN2O. The Bertz CT molecular complexity index is 298. The highest BCUT2D eigenvalue weighted by atomic mass is 35.5. The van der Waals surface area contributed by atoms with Crippen LogP contribution in [-0.4, -0.2) is 15.6 Å². The highest BCUT2D eigenvalue weighted by molar-refractivity contribution is 6.29. The van der Waals surface area contributed by atoms with Crippen LogP contribution < -0.4 is 0 Å². The molecular weight excluding hydrogens is 183 g/mol. The van der Waals surface area contributed by atoms with Crippen LogP contribution in [0, 0.1) is 0 Å². The summed E-state index contributed by atoms with van der Waals surface area (Å²) in [5.74, 6) is -0.0644. The van der Waals surface area contributed by atoms with Crippen molar-refractivity contribution in [2.24, 2.45) is 0 Å². The van der Waals surface area contributed by atoms with Crippen LogP contribution in [0.3, 0.4) is 0 Å². The Hall–Kier alpha value is -0.900. The second-order valence-electron chi connectivity index (χ2n) is 2.45. The van der Waals surface area contributed by atoms with Gasteiger partial charge in [0, 0.05) is 6.07 Å². The summed E-state index contributed by atoms with van der Waals surface area (Å²) >= 11 is 5.65. The van der Waals surface area contributed by atoms with E-state index >= 15 is 0 Å². The number of Topliss-reactive ketones (excluding diaryl/α,β-unsaturated/α-hetero) is 1. The third-order valence-corrected chi connectivity index (χ3v) is 1.60. The van der Waals surface area contributed by atoms with E-state index in [0.717, 1.165) is 0 Å². The Balaban J connectivity index is 2.84. The molecule has 1 rings (SSSR count). The first-order valence-corrected chi connectivity index (χ1v) is 3.79. The molecule has 0 unspecified atom stereocenters. The van der Waals surface area contributed by atoms with Crippen molar-refractivity contribution in [2.45, 2.75) is 20.1 Å². The lowest BCUT2D eigenvalue weighted by molar-refractivity contribution is -0.117. The Kier molecular flexibility index (Phi) is 2.81. The zero-order chi connectivity index (χ0) is 9.14. The van der Waals surface area contributed by atoms with Crippen molar-refractivity contribution < 1.29 is 9.18 Å². The number of alkyl halides is 1. The molecule has 0 saturated heterocycles. The van der Waals surface area contributed by atoms with E-state index in [1.807, 2.05) is 0 Å². The number of carbonyl (C=O) groups excluding carboxylic acids is 1. The van der Waals surface area contributed by atoms with Crippen LogP contribution in [0.2, 0.25) is 5.15 Å². The van der Waals surface area contributed by atoms with E-state index in [2.05, 4.69) is 5.10 Å². The van der Waals surface area contributed by atoms with Crippen LogP contribution in [0.25, 0.3) is 0 Å². The number of halogens is 2. The maximum atomic E-state index is 12.0. The second-order valence-corrected chi connectivity index (χ2v) is 2.84. The van der Waals surface area contributed by atoms with Gasteiger partial charge in [-0.15, -0.1) is 0 Å². The lowest BCUT2D eigenvalue weighted by Gasteiger charge is -1.96. The van der Waals surface area contributed by atoms with E-state index in [1.165, 1.54) is 17.7 Å². The lowest BCUT2D eigenvalue weighted by Crippen LogP contribution is -2.07. The maximum absolute atomic E-state index is 12.0. The lowest BCUT2D eigenvalue weighted by atomic mass is 10.4. The molecule has 0 fully saturated rings. The fourth-order valence-corrected chi connectivity index (χ4v) is 1.05. The molecule has 0 spiro atoms. The fourth-order valence-electron chi connectivity index (χ4n) is 0.831. The molecule has 3 nitrogen and oxygen atoms in total. The monoisotopic (exact) mass is 190 g/mol. The molecule has 66 valence electrons. The minimum absolute atomic E-state index is 0.0644. The number of aromatic nitrogens is 2. The van der Waals surface area contributed by atoms with Gasteiger partial charge in [0.1, 0.15) is 18.4 Å². The summed E-state index contributed by atoms with van der Waals surface area (Å²) in [7, 11) is 0. The molecule has 0 N–H and O–H groups in total. The van der Waals surface area contributed by atoms with E-state index in [9.17, 15) is 9.18 Å². The van der Waals surface area contributed by atoms with E-state index in [4.69, 9.17) is 11.6 Å². The quantitative estimate of drug-likeness (QED) is 0.726. The van der Waals surface area contributed by atoms with Crippen LogP contribution in [0.5, 0.6) is 0 Å². The number of ketones is 1. The van der Waals surface area contributed by atoms with Crippen molar-refractivity contribution in [2.75, 3.05) is 0 Å². The molecule has 0 aliphatic heterocycles. The van der Waals surface area contributed by atoms with Crippen LogP contribution in [-0.2, 0) is 18.0 Å². The van der Waals surface area contributed by atoms with Crippen molar-refractivity contribution >= 4 is 17.4 Å². The fraction of sp³-hybridized carbons (Fsp3) is 0.429. The van der Waals surface area contributed by atoms with Crippen LogP contribution >= 0.6 is 11.6 Å². The van der Waals surface area contributed by atoms with Gasteiger partial charge in [-0.1, -0.05) is 11.6 Å². The van der Waals surface area contributed by atoms with Gasteiger partial charge in [-0.05, 0) is 6.92 Å². The Morgan fingerprint density at radius 3 is 2.92 bits per heavy atom. The molecule has 1 aromatic rings. The molecule has 0 amide bonds. The summed E-state index contributed by atoms with van der Waals surface area (Å²) in [6.45, 7) is 0.858. The molecule has 0 radical (unpaired) electrons. The summed E-state index contributed by atoms with van der Waals surface area (Å²) in [5.41, 5.74) is 0.251. The zero-order valence-corrected chi connectivity index (χ0v) is 7.31. The van der Waals surface area contributed by atoms with Crippen molar-refractivity contribution in [3.05, 3.63) is 16.9 Å². The standard InChI is InChI=1S/C7H8ClFN2O/c1-5(12)4-11-7(8)2-6(3-9)10-11/h2H,3-4H2,1H3. The summed E-state index contributed by atoms with van der Waals surface area (Å²) in [6, 6.07) is 1.41. The molecule has 0 bridgehead atoms. The Morgan fingerprint density at radius 2 is 2.50 bits per heavy atom. The van der Waals surface area contributed by atoms with Gasteiger partial charge in [-0.2, -0.15) is 5.10 Å². The minimum Gasteiger partial charge on any atom is -0.298 e. The van der Waals surface area contributed by atoms with Crippen molar-refractivity contribution in [1.29, 1.82) is 0 Å². The number of hydrogen-bond acceptors (Lipinski definition) is 2. The molecule has 5 heteroatoms. The van der Waals surface area contributed by atoms with Crippen molar-refractivity contribution in [1.82, 2.24) is 9.78 Å². The smallest absolute Gasteiger partial charge is 0.151 e. The van der Waals surface area contributed by atoms with Crippen LogP contribution in [0.1, 0.15) is 12.6 Å². The predicted molar refractivity (Wildman–Crippen MR) is 42.7 cm³/mol. The van der Waals surface area contributed by atoms with Crippen molar-refractivity contribution in [3.63, 3.8) is 0 Å². The molecule has 1 heterocycles. The first kappa shape index (κ1) is 9.19. The molecule has 0 saturated carbocycles. The van der Waals surface area contributed by atoms with Crippen LogP contribution in [0.4, 0.5) is 4.39 Å². The number of hydrogen-bond donors (Lipinski definition) is 0. The Morgan fingerprint density at radius 1 is 1.83 bits per heavy atom. The highest BCUT2D eigenvalue weighted by Crippen LogP contribution is 2.11. The molecule has 0 aliphatic carbocycles. The van der Waals surface area contributed by atoms with Crippen LogP contribution in [0.15, 0.2) is 6.07 Å². The Labute approximate surface area is 74.1 Å². The van der Waals surface area contributed by atoms with Gasteiger partial charge in [0.2, 0.25) is 0 Å². The first-order valence-electron chi connectivity index (χ1n) is 3.41. The minimum atomic E-state index is -0.662. The average molecular weight is 191 g/mol. The van der Waals surface area contributed by atoms with Gasteiger partial charge in [-0.3, -0.25) is 4.79 Å². The number of rotatable bonds is 3. The average Bonchev–Trinajstić information content (AvgIpc) is 2.31. The maximum Gasteiger partial charge on any atom is 0.151 e. The third kappa shape index (κ3) is 2.04. The van der Waals surface area contributed by atoms with E-state index < -0.39 is 6.67 Å². The van der Waals surface area contributed by atoms with Gasteiger partial charge in [-0.25, -0.2) is 9.07 Å². The molecule has 0 atom stereocenters. The third-order valence-electron chi connectivity index (χ3n) is 1.29. The summed E-state index contributed by atoms with van der Waals surface area (Å²) < 4.78 is 13.3. The number of carbonyl (C=O) groups is 1. The summed E-state index contributed by atoms with van der Waals surface area (Å²) in [5, 5.41) is 4.05. The molecule has 1 aromatic heterocycles. The highest BCUT2D eigenvalue weighted by Gasteiger charge is 2.06. The SMILES string of the molecule is CC(=O)Cn1nc(CF)cc1Cl. The number of nitrogens with zero attached hydrogens (tertiary/aromatic N) is 2. The predicted octanol–water partition coefficient (Wildman–Crippen LogP) is 1.60. The molecule has 0 aliphatic rings. The second kappa shape index (κ2) is 3.67. The van der Waals surface area contributed by atoms with Gasteiger partial charge in [0.05, 0.1) is 5.69 Å². The van der Waals surface area contributed by atoms with Gasteiger partial charge >= 0.3 is 0 Å². The van der Waals surface area contributed by atoms with Gasteiger partial charge in [0.15, 0.2) is 5.78 Å². The normalized spacial score (nSPS) is 10.2. The van der Waals surface area contributed by atoms with E-state index in [0.29, 0.717) is 0 Å². The topological polar surface area (TPSA) is 34.9 Å². The van der Waals surface area contributed by atoms with E-state index in [1.54, 1.807) is 0 Å². The molecule has 12 heavy (non-hydrogen) atoms. The van der Waals surface area contributed by atoms with Gasteiger partial charge < -0.3 is 0 Å². The van der Waals surface area contributed by atoms with Crippen molar-refractivity contribution in [3.8, 4) is 0 Å². The summed E-state index contributed by atoms with van der Waals surface area (Å²) in [6.07, 6.45) is 0. The first-order chi connectivity index (χ1) is 5.63. The molecule has 0 aromatic carbocycles. The largest absolute Gasteiger partial charge is 0.298 e. The van der Waals surface area contributed by atoms with Gasteiger partial charge in [0.25, 0.3) is 0 Å². The summed E-state index contributed by atoms with van der Waals surface area (Å²) in [4.78, 5) is 10.6.